The molecule has 0 aliphatic rings. The van der Waals surface area contributed by atoms with Crippen molar-refractivity contribution >= 4 is 0 Å². The minimum absolute atomic E-state index is 0.169. The zero-order chi connectivity index (χ0) is 10.3. The van der Waals surface area contributed by atoms with Crippen molar-refractivity contribution < 1.29 is 5.11 Å². The highest BCUT2D eigenvalue weighted by atomic mass is 16.3. The molecule has 0 aromatic rings. The first-order valence-electron chi connectivity index (χ1n) is 5.44. The summed E-state index contributed by atoms with van der Waals surface area (Å²) in [5.41, 5.74) is 1.09. The van der Waals surface area contributed by atoms with E-state index in [1.165, 1.54) is 0 Å². The Bertz CT molecular complexity index is 134. The Hall–Kier alpha value is -0.300. The minimum atomic E-state index is -0.169. The van der Waals surface area contributed by atoms with Crippen LogP contribution in [0.2, 0.25) is 0 Å². The van der Waals surface area contributed by atoms with Crippen LogP contribution in [0, 0.1) is 5.92 Å². The Kier molecular flexibility index (Phi) is 6.97. The van der Waals surface area contributed by atoms with Gasteiger partial charge in [-0.3, -0.25) is 0 Å². The molecule has 1 atom stereocenters. The number of aliphatic hydroxyl groups is 1. The van der Waals surface area contributed by atoms with Crippen LogP contribution in [0.4, 0.5) is 0 Å². The van der Waals surface area contributed by atoms with Gasteiger partial charge in [-0.2, -0.15) is 0 Å². The molecule has 78 valence electrons. The summed E-state index contributed by atoms with van der Waals surface area (Å²) in [6.45, 7) is 10.2. The molecule has 0 radical (unpaired) electrons. The largest absolute Gasteiger partial charge is 0.393 e. The third-order valence-corrected chi connectivity index (χ3v) is 2.42. The fourth-order valence-electron chi connectivity index (χ4n) is 1.79. The molecule has 0 saturated carbocycles. The average molecular weight is 184 g/mol. The highest BCUT2D eigenvalue weighted by Gasteiger charge is 2.16. The predicted molar refractivity (Wildman–Crippen MR) is 58.7 cm³/mol. The SMILES string of the molecule is C=C(C)CC(O)C(CCC)CCC. The molecule has 1 heteroatoms. The molecule has 0 aliphatic carbocycles. The van der Waals surface area contributed by atoms with Crippen molar-refractivity contribution in [2.24, 2.45) is 5.92 Å². The summed E-state index contributed by atoms with van der Waals surface area (Å²) in [7, 11) is 0. The zero-order valence-electron chi connectivity index (χ0n) is 9.34. The van der Waals surface area contributed by atoms with Crippen molar-refractivity contribution in [3.05, 3.63) is 12.2 Å². The Balaban J connectivity index is 3.93. The van der Waals surface area contributed by atoms with Crippen molar-refractivity contribution in [2.45, 2.75) is 59.0 Å². The number of aliphatic hydroxyl groups excluding tert-OH is 1. The molecule has 1 unspecified atom stereocenters. The quantitative estimate of drug-likeness (QED) is 0.600. The summed E-state index contributed by atoms with van der Waals surface area (Å²) in [5, 5.41) is 9.88. The molecule has 0 bridgehead atoms. The van der Waals surface area contributed by atoms with E-state index in [9.17, 15) is 5.11 Å². The van der Waals surface area contributed by atoms with Gasteiger partial charge in [-0.15, -0.1) is 6.58 Å². The molecule has 0 aromatic heterocycles. The average Bonchev–Trinajstić information content (AvgIpc) is 2.02. The van der Waals surface area contributed by atoms with Gasteiger partial charge in [0.2, 0.25) is 0 Å². The van der Waals surface area contributed by atoms with Gasteiger partial charge in [-0.25, -0.2) is 0 Å². The first kappa shape index (κ1) is 12.7. The Morgan fingerprint density at radius 3 is 2.00 bits per heavy atom. The van der Waals surface area contributed by atoms with E-state index in [1.807, 2.05) is 6.92 Å². The molecular weight excluding hydrogens is 160 g/mol. The van der Waals surface area contributed by atoms with E-state index >= 15 is 0 Å². The molecule has 1 N–H and O–H groups in total. The lowest BCUT2D eigenvalue weighted by molar-refractivity contribution is 0.0964. The van der Waals surface area contributed by atoms with E-state index in [2.05, 4.69) is 20.4 Å². The standard InChI is InChI=1S/C12H24O/c1-5-7-11(8-6-2)12(13)9-10(3)4/h11-13H,3,5-9H2,1-2,4H3. The highest BCUT2D eigenvalue weighted by Crippen LogP contribution is 2.21. The molecule has 0 amide bonds. The number of hydrogen-bond acceptors (Lipinski definition) is 1. The van der Waals surface area contributed by atoms with Gasteiger partial charge >= 0.3 is 0 Å². The van der Waals surface area contributed by atoms with Crippen LogP contribution in [-0.4, -0.2) is 11.2 Å². The highest BCUT2D eigenvalue weighted by molar-refractivity contribution is 4.92. The normalized spacial score (nSPS) is 13.3. The molecular formula is C12H24O. The Morgan fingerprint density at radius 2 is 1.69 bits per heavy atom. The molecule has 0 saturated heterocycles. The Labute approximate surface area is 82.9 Å². The second kappa shape index (κ2) is 7.14. The second-order valence-corrected chi connectivity index (χ2v) is 4.07. The predicted octanol–water partition coefficient (Wildman–Crippen LogP) is 3.53. The van der Waals surface area contributed by atoms with Crippen molar-refractivity contribution in [3.8, 4) is 0 Å². The van der Waals surface area contributed by atoms with Gasteiger partial charge in [0.05, 0.1) is 6.10 Å². The van der Waals surface area contributed by atoms with Gasteiger partial charge < -0.3 is 5.11 Å². The van der Waals surface area contributed by atoms with Gasteiger partial charge in [0, 0.05) is 0 Å². The van der Waals surface area contributed by atoms with E-state index in [0.29, 0.717) is 5.92 Å². The first-order valence-corrected chi connectivity index (χ1v) is 5.44. The van der Waals surface area contributed by atoms with Crippen molar-refractivity contribution in [1.29, 1.82) is 0 Å². The van der Waals surface area contributed by atoms with Gasteiger partial charge in [-0.05, 0) is 32.1 Å². The maximum absolute atomic E-state index is 9.88. The van der Waals surface area contributed by atoms with Crippen LogP contribution in [-0.2, 0) is 0 Å². The minimum Gasteiger partial charge on any atom is -0.393 e. The molecule has 1 nitrogen and oxygen atoms in total. The lowest BCUT2D eigenvalue weighted by atomic mass is 9.89. The van der Waals surface area contributed by atoms with Gasteiger partial charge in [0.1, 0.15) is 0 Å². The summed E-state index contributed by atoms with van der Waals surface area (Å²) < 4.78 is 0. The van der Waals surface area contributed by atoms with Crippen LogP contribution >= 0.6 is 0 Å². The van der Waals surface area contributed by atoms with Crippen LogP contribution < -0.4 is 0 Å². The third kappa shape index (κ3) is 5.87. The molecule has 0 heterocycles. The lowest BCUT2D eigenvalue weighted by Crippen LogP contribution is -2.20. The maximum atomic E-state index is 9.88. The number of hydrogen-bond donors (Lipinski definition) is 1. The summed E-state index contributed by atoms with van der Waals surface area (Å²) in [5.74, 6) is 0.478. The molecule has 0 aromatic carbocycles. The molecule has 13 heavy (non-hydrogen) atoms. The van der Waals surface area contributed by atoms with Gasteiger partial charge in [-0.1, -0.05) is 32.3 Å². The summed E-state index contributed by atoms with van der Waals surface area (Å²) in [6, 6.07) is 0. The molecule has 0 spiro atoms. The summed E-state index contributed by atoms with van der Waals surface area (Å²) in [6.07, 6.45) is 5.21. The fraction of sp³-hybridized carbons (Fsp3) is 0.833. The van der Waals surface area contributed by atoms with E-state index < -0.39 is 0 Å². The van der Waals surface area contributed by atoms with E-state index in [0.717, 1.165) is 37.7 Å². The van der Waals surface area contributed by atoms with E-state index in [4.69, 9.17) is 0 Å². The molecule has 0 fully saturated rings. The van der Waals surface area contributed by atoms with Crippen LogP contribution in [0.15, 0.2) is 12.2 Å². The second-order valence-electron chi connectivity index (χ2n) is 4.07. The van der Waals surface area contributed by atoms with E-state index in [1.54, 1.807) is 0 Å². The van der Waals surface area contributed by atoms with Crippen molar-refractivity contribution in [2.75, 3.05) is 0 Å². The van der Waals surface area contributed by atoms with Crippen LogP contribution in [0.1, 0.15) is 52.9 Å². The van der Waals surface area contributed by atoms with Crippen LogP contribution in [0.5, 0.6) is 0 Å². The molecule has 0 aliphatic heterocycles. The van der Waals surface area contributed by atoms with Crippen molar-refractivity contribution in [3.63, 3.8) is 0 Å². The first-order chi connectivity index (χ1) is 6.11. The zero-order valence-corrected chi connectivity index (χ0v) is 9.34. The number of rotatable bonds is 7. The third-order valence-electron chi connectivity index (χ3n) is 2.42. The van der Waals surface area contributed by atoms with E-state index in [-0.39, 0.29) is 6.10 Å². The monoisotopic (exact) mass is 184 g/mol. The van der Waals surface area contributed by atoms with Crippen LogP contribution in [0.25, 0.3) is 0 Å². The topological polar surface area (TPSA) is 20.2 Å². The Morgan fingerprint density at radius 1 is 1.23 bits per heavy atom. The summed E-state index contributed by atoms with van der Waals surface area (Å²) >= 11 is 0. The van der Waals surface area contributed by atoms with Gasteiger partial charge in [0.15, 0.2) is 0 Å². The lowest BCUT2D eigenvalue weighted by Gasteiger charge is -2.22. The van der Waals surface area contributed by atoms with Crippen LogP contribution in [0.3, 0.4) is 0 Å². The van der Waals surface area contributed by atoms with Crippen molar-refractivity contribution in [1.82, 2.24) is 0 Å². The maximum Gasteiger partial charge on any atom is 0.0605 e. The smallest absolute Gasteiger partial charge is 0.0605 e. The fourth-order valence-corrected chi connectivity index (χ4v) is 1.79. The summed E-state index contributed by atoms with van der Waals surface area (Å²) in [4.78, 5) is 0. The molecule has 0 rings (SSSR count). The van der Waals surface area contributed by atoms with Gasteiger partial charge in [0.25, 0.3) is 0 Å².